The molecule has 0 radical (unpaired) electrons. The topological polar surface area (TPSA) is 108 Å². The van der Waals surface area contributed by atoms with E-state index in [2.05, 4.69) is 43.1 Å². The minimum atomic E-state index is 0.526. The van der Waals surface area contributed by atoms with Crippen LogP contribution in [0.5, 0.6) is 0 Å². The first-order valence-corrected chi connectivity index (χ1v) is 13.7. The van der Waals surface area contributed by atoms with Gasteiger partial charge in [-0.3, -0.25) is 15.1 Å². The van der Waals surface area contributed by atoms with Gasteiger partial charge in [0.05, 0.1) is 39.1 Å². The number of nitrogens with one attached hydrogen (secondary N) is 3. The Morgan fingerprint density at radius 3 is 2.68 bits per heavy atom. The van der Waals surface area contributed by atoms with Gasteiger partial charge >= 0.3 is 0 Å². The second-order valence-corrected chi connectivity index (χ2v) is 11.2. The van der Waals surface area contributed by atoms with Crippen LogP contribution < -0.4 is 5.32 Å². The van der Waals surface area contributed by atoms with Gasteiger partial charge in [0.2, 0.25) is 0 Å². The minimum absolute atomic E-state index is 0.526. The predicted molar refractivity (Wildman–Crippen MR) is 153 cm³/mol. The molecule has 0 spiro atoms. The number of imidazole rings is 1. The maximum atomic E-state index is 6.18. The molecule has 6 heterocycles. The van der Waals surface area contributed by atoms with E-state index in [9.17, 15) is 0 Å². The number of aromatic amines is 2. The highest BCUT2D eigenvalue weighted by Gasteiger charge is 2.19. The van der Waals surface area contributed by atoms with E-state index in [1.54, 1.807) is 6.20 Å². The summed E-state index contributed by atoms with van der Waals surface area (Å²) in [5.74, 6) is 1.15. The zero-order valence-corrected chi connectivity index (χ0v) is 21.9. The lowest BCUT2D eigenvalue weighted by atomic mass is 10.0. The summed E-state index contributed by atoms with van der Waals surface area (Å²) in [6.45, 7) is 4.27. The summed E-state index contributed by atoms with van der Waals surface area (Å²) >= 11 is 7.67. The molecule has 0 amide bonds. The number of hydrogen-bond donors (Lipinski definition) is 3. The Morgan fingerprint density at radius 1 is 0.974 bits per heavy atom. The molecule has 0 unspecified atom stereocenters. The third-order valence-corrected chi connectivity index (χ3v) is 8.32. The highest BCUT2D eigenvalue weighted by atomic mass is 35.5. The van der Waals surface area contributed by atoms with Crippen molar-refractivity contribution >= 4 is 50.7 Å². The van der Waals surface area contributed by atoms with Gasteiger partial charge < -0.3 is 10.3 Å². The van der Waals surface area contributed by atoms with E-state index < -0.39 is 0 Å². The van der Waals surface area contributed by atoms with Gasteiger partial charge in [-0.2, -0.15) is 5.10 Å². The summed E-state index contributed by atoms with van der Waals surface area (Å²) in [5, 5.41) is 11.1. The molecule has 1 aliphatic carbocycles. The summed E-state index contributed by atoms with van der Waals surface area (Å²) < 4.78 is 0.722. The number of pyridine rings is 3. The van der Waals surface area contributed by atoms with Gasteiger partial charge in [-0.1, -0.05) is 31.0 Å². The van der Waals surface area contributed by atoms with Crippen molar-refractivity contribution in [3.63, 3.8) is 0 Å². The van der Waals surface area contributed by atoms with Crippen LogP contribution in [0, 0.1) is 5.92 Å². The Labute approximate surface area is 227 Å². The first-order chi connectivity index (χ1) is 18.6. The predicted octanol–water partition coefficient (Wildman–Crippen LogP) is 7.46. The number of anilines is 1. The summed E-state index contributed by atoms with van der Waals surface area (Å²) in [4.78, 5) is 23.1. The van der Waals surface area contributed by atoms with Crippen LogP contribution in [-0.4, -0.2) is 35.1 Å². The van der Waals surface area contributed by atoms with E-state index in [1.807, 2.05) is 42.9 Å². The van der Waals surface area contributed by atoms with E-state index >= 15 is 0 Å². The Morgan fingerprint density at radius 2 is 1.84 bits per heavy atom. The van der Waals surface area contributed by atoms with Crippen LogP contribution in [0.4, 0.5) is 5.69 Å². The Balaban J connectivity index is 1.24. The van der Waals surface area contributed by atoms with Crippen molar-refractivity contribution in [2.45, 2.75) is 25.7 Å². The number of halogens is 1. The van der Waals surface area contributed by atoms with E-state index in [4.69, 9.17) is 21.6 Å². The molecule has 0 saturated heterocycles. The number of fused-ring (bicyclic) bond motifs is 2. The molecule has 0 aromatic carbocycles. The third kappa shape index (κ3) is 4.13. The molecule has 10 heteroatoms. The normalized spacial score (nSPS) is 14.0. The van der Waals surface area contributed by atoms with Crippen LogP contribution in [0.25, 0.3) is 55.3 Å². The molecule has 3 N–H and O–H groups in total. The minimum Gasteiger partial charge on any atom is -0.358 e. The zero-order valence-electron chi connectivity index (χ0n) is 20.3. The summed E-state index contributed by atoms with van der Waals surface area (Å²) in [6, 6.07) is 9.87. The Hall–Kier alpha value is -4.08. The molecule has 7 rings (SSSR count). The van der Waals surface area contributed by atoms with E-state index in [1.165, 1.54) is 37.0 Å². The van der Waals surface area contributed by atoms with Gasteiger partial charge in [0.15, 0.2) is 11.5 Å². The van der Waals surface area contributed by atoms with Crippen molar-refractivity contribution in [3.05, 3.63) is 71.7 Å². The van der Waals surface area contributed by atoms with Gasteiger partial charge in [-0.15, -0.1) is 11.3 Å². The van der Waals surface area contributed by atoms with Crippen molar-refractivity contribution in [3.8, 4) is 33.2 Å². The maximum Gasteiger partial charge on any atom is 0.161 e. The van der Waals surface area contributed by atoms with Crippen LogP contribution in [0.15, 0.2) is 67.4 Å². The smallest absolute Gasteiger partial charge is 0.161 e. The molecular formula is C28H23ClN8S. The van der Waals surface area contributed by atoms with Crippen LogP contribution in [-0.2, 0) is 0 Å². The highest BCUT2D eigenvalue weighted by molar-refractivity contribution is 7.19. The van der Waals surface area contributed by atoms with Gasteiger partial charge in [0.25, 0.3) is 0 Å². The first-order valence-electron chi connectivity index (χ1n) is 12.5. The van der Waals surface area contributed by atoms with Crippen molar-refractivity contribution < 1.29 is 0 Å². The fourth-order valence-corrected chi connectivity index (χ4v) is 6.17. The summed E-state index contributed by atoms with van der Waals surface area (Å²) in [5.41, 5.74) is 8.43. The molecule has 6 aromatic rings. The molecule has 1 saturated carbocycles. The quantitative estimate of drug-likeness (QED) is 0.203. The monoisotopic (exact) mass is 538 g/mol. The number of rotatable bonds is 6. The lowest BCUT2D eigenvalue weighted by Gasteiger charge is -2.15. The average Bonchev–Trinajstić information content (AvgIpc) is 3.74. The molecular weight excluding hydrogens is 516 g/mol. The number of thiophene rings is 1. The van der Waals surface area contributed by atoms with Crippen LogP contribution in [0.1, 0.15) is 25.7 Å². The summed E-state index contributed by atoms with van der Waals surface area (Å²) in [7, 11) is 0. The van der Waals surface area contributed by atoms with Crippen molar-refractivity contribution in [2.75, 3.05) is 5.32 Å². The van der Waals surface area contributed by atoms with Crippen molar-refractivity contribution in [1.29, 1.82) is 0 Å². The average molecular weight is 539 g/mol. The lowest BCUT2D eigenvalue weighted by Crippen LogP contribution is -2.07. The largest absolute Gasteiger partial charge is 0.358 e. The number of aromatic nitrogens is 7. The van der Waals surface area contributed by atoms with E-state index in [0.29, 0.717) is 17.4 Å². The van der Waals surface area contributed by atoms with Gasteiger partial charge in [-0.25, -0.2) is 9.97 Å². The van der Waals surface area contributed by atoms with E-state index in [-0.39, 0.29) is 0 Å². The second kappa shape index (κ2) is 9.34. The standard InChI is InChI=1S/C28H23ClN8S/c1-15(16-4-2-3-5-16)32-18-10-17(11-30-12-18)20-6-7-21-26(33-20)27(37-36-21)28-34-22-14-31-13-19(25(22)35-28)23-8-9-24(29)38-23/h6-14,16,32H,1-5H2,(H,34,35)(H,36,37). The summed E-state index contributed by atoms with van der Waals surface area (Å²) in [6.07, 6.45) is 12.2. The molecule has 38 heavy (non-hydrogen) atoms. The first kappa shape index (κ1) is 23.1. The molecule has 1 aliphatic rings. The van der Waals surface area contributed by atoms with Crippen LogP contribution in [0.2, 0.25) is 4.34 Å². The third-order valence-electron chi connectivity index (χ3n) is 7.05. The second-order valence-electron chi connectivity index (χ2n) is 9.53. The molecule has 0 aliphatic heterocycles. The highest BCUT2D eigenvalue weighted by Crippen LogP contribution is 2.36. The number of allylic oxidation sites excluding steroid dienone is 1. The number of nitrogens with zero attached hydrogens (tertiary/aromatic N) is 5. The molecule has 6 aromatic heterocycles. The van der Waals surface area contributed by atoms with Crippen molar-refractivity contribution in [1.82, 2.24) is 35.1 Å². The fraction of sp³-hybridized carbons (Fsp3) is 0.179. The van der Waals surface area contributed by atoms with Gasteiger partial charge in [0, 0.05) is 34.1 Å². The molecule has 1 fully saturated rings. The maximum absolute atomic E-state index is 6.18. The Kier molecular flexibility index (Phi) is 5.67. The fourth-order valence-electron chi connectivity index (χ4n) is 5.12. The van der Waals surface area contributed by atoms with Gasteiger partial charge in [-0.05, 0) is 49.1 Å². The molecule has 8 nitrogen and oxygen atoms in total. The van der Waals surface area contributed by atoms with Crippen molar-refractivity contribution in [2.24, 2.45) is 5.92 Å². The van der Waals surface area contributed by atoms with Crippen LogP contribution in [0.3, 0.4) is 0 Å². The molecule has 188 valence electrons. The number of hydrogen-bond acceptors (Lipinski definition) is 7. The lowest BCUT2D eigenvalue weighted by molar-refractivity contribution is 0.649. The van der Waals surface area contributed by atoms with E-state index in [0.717, 1.165) is 59.5 Å². The van der Waals surface area contributed by atoms with Gasteiger partial charge in [0.1, 0.15) is 11.0 Å². The molecule has 0 bridgehead atoms. The SMILES string of the molecule is C=C(Nc1cncc(-c2ccc3[nH]nc(-c4nc5c(-c6ccc(Cl)s6)cncc5[nH]4)c3n2)c1)C1CCCC1. The van der Waals surface area contributed by atoms with Crippen LogP contribution >= 0.6 is 22.9 Å². The zero-order chi connectivity index (χ0) is 25.6. The molecule has 0 atom stereocenters. The number of H-pyrrole nitrogens is 2. The Bertz CT molecular complexity index is 1810.